The van der Waals surface area contributed by atoms with Gasteiger partial charge in [-0.05, 0) is 49.4 Å². The monoisotopic (exact) mass is 322 g/mol. The third-order valence-corrected chi connectivity index (χ3v) is 4.53. The Balaban J connectivity index is 1.74. The molecule has 24 heavy (non-hydrogen) atoms. The fourth-order valence-corrected chi connectivity index (χ4v) is 3.36. The molecule has 0 saturated carbocycles. The number of nitrogens with zero attached hydrogens (tertiary/aromatic N) is 1. The van der Waals surface area contributed by atoms with Crippen molar-refractivity contribution in [3.63, 3.8) is 0 Å². The SMILES string of the molecule is Cc1cc(C)c(NC(=O)C(=O)N2CCc3ccccc3C2)c(C)c1. The highest BCUT2D eigenvalue weighted by molar-refractivity contribution is 6.39. The van der Waals surface area contributed by atoms with Crippen molar-refractivity contribution in [1.82, 2.24) is 4.90 Å². The lowest BCUT2D eigenvalue weighted by molar-refractivity contribution is -0.143. The smallest absolute Gasteiger partial charge is 0.313 e. The molecule has 4 heteroatoms. The molecule has 0 saturated heterocycles. The molecule has 1 aliphatic rings. The van der Waals surface area contributed by atoms with E-state index in [1.54, 1.807) is 4.90 Å². The maximum Gasteiger partial charge on any atom is 0.313 e. The normalized spacial score (nSPS) is 13.4. The van der Waals surface area contributed by atoms with Gasteiger partial charge in [0.25, 0.3) is 0 Å². The molecular formula is C20H22N2O2. The number of amides is 2. The number of hydrogen-bond acceptors (Lipinski definition) is 2. The summed E-state index contributed by atoms with van der Waals surface area (Å²) in [5.74, 6) is -1.03. The lowest BCUT2D eigenvalue weighted by atomic mass is 10.00. The van der Waals surface area contributed by atoms with Crippen LogP contribution >= 0.6 is 0 Å². The minimum Gasteiger partial charge on any atom is -0.330 e. The Kier molecular flexibility index (Phi) is 4.38. The van der Waals surface area contributed by atoms with Gasteiger partial charge in [-0.2, -0.15) is 0 Å². The first kappa shape index (κ1) is 16.2. The standard InChI is InChI=1S/C20H22N2O2/c1-13-10-14(2)18(15(3)11-13)21-19(23)20(24)22-9-8-16-6-4-5-7-17(16)12-22/h4-7,10-11H,8-9,12H2,1-3H3,(H,21,23). The number of hydrogen-bond donors (Lipinski definition) is 1. The highest BCUT2D eigenvalue weighted by Gasteiger charge is 2.26. The van der Waals surface area contributed by atoms with E-state index in [9.17, 15) is 9.59 Å². The maximum atomic E-state index is 12.5. The van der Waals surface area contributed by atoms with Crippen molar-refractivity contribution in [1.29, 1.82) is 0 Å². The molecule has 1 aliphatic heterocycles. The Morgan fingerprint density at radius 2 is 1.62 bits per heavy atom. The topological polar surface area (TPSA) is 49.4 Å². The van der Waals surface area contributed by atoms with Gasteiger partial charge in [0, 0.05) is 18.8 Å². The van der Waals surface area contributed by atoms with Crippen LogP contribution in [0.3, 0.4) is 0 Å². The molecule has 2 aromatic rings. The molecule has 1 N–H and O–H groups in total. The molecule has 124 valence electrons. The molecule has 4 nitrogen and oxygen atoms in total. The zero-order chi connectivity index (χ0) is 17.3. The van der Waals surface area contributed by atoms with Crippen LogP contribution in [0.25, 0.3) is 0 Å². The largest absolute Gasteiger partial charge is 0.330 e. The summed E-state index contributed by atoms with van der Waals surface area (Å²) in [5, 5.41) is 2.80. The molecule has 0 radical (unpaired) electrons. The third-order valence-electron chi connectivity index (χ3n) is 4.53. The minimum atomic E-state index is -0.565. The van der Waals surface area contributed by atoms with Gasteiger partial charge in [-0.15, -0.1) is 0 Å². The van der Waals surface area contributed by atoms with Gasteiger partial charge in [-0.3, -0.25) is 9.59 Å². The lowest BCUT2D eigenvalue weighted by Crippen LogP contribution is -2.42. The summed E-state index contributed by atoms with van der Waals surface area (Å²) in [6.45, 7) is 6.97. The van der Waals surface area contributed by atoms with Gasteiger partial charge >= 0.3 is 11.8 Å². The number of carbonyl (C=O) groups is 2. The second-order valence-corrected chi connectivity index (χ2v) is 6.47. The van der Waals surface area contributed by atoms with Crippen molar-refractivity contribution in [2.75, 3.05) is 11.9 Å². The molecule has 0 unspecified atom stereocenters. The van der Waals surface area contributed by atoms with E-state index in [1.807, 2.05) is 51.1 Å². The lowest BCUT2D eigenvalue weighted by Gasteiger charge is -2.28. The van der Waals surface area contributed by atoms with E-state index in [2.05, 4.69) is 11.4 Å². The van der Waals surface area contributed by atoms with Crippen LogP contribution < -0.4 is 5.32 Å². The van der Waals surface area contributed by atoms with Crippen LogP contribution in [0.4, 0.5) is 5.69 Å². The second kappa shape index (κ2) is 6.48. The van der Waals surface area contributed by atoms with Crippen molar-refractivity contribution >= 4 is 17.5 Å². The van der Waals surface area contributed by atoms with E-state index in [4.69, 9.17) is 0 Å². The van der Waals surface area contributed by atoms with Crippen molar-refractivity contribution in [2.24, 2.45) is 0 Å². The third kappa shape index (κ3) is 3.18. The van der Waals surface area contributed by atoms with E-state index in [0.29, 0.717) is 13.1 Å². The first-order valence-corrected chi connectivity index (χ1v) is 8.20. The summed E-state index contributed by atoms with van der Waals surface area (Å²) in [4.78, 5) is 26.5. The predicted octanol–water partition coefficient (Wildman–Crippen LogP) is 3.14. The molecule has 2 amide bonds. The summed E-state index contributed by atoms with van der Waals surface area (Å²) < 4.78 is 0. The van der Waals surface area contributed by atoms with Crippen LogP contribution in [0, 0.1) is 20.8 Å². The van der Waals surface area contributed by atoms with Crippen LogP contribution in [0.1, 0.15) is 27.8 Å². The van der Waals surface area contributed by atoms with E-state index in [0.717, 1.165) is 34.4 Å². The summed E-state index contributed by atoms with van der Waals surface area (Å²) in [6.07, 6.45) is 0.789. The Morgan fingerprint density at radius 1 is 1.00 bits per heavy atom. The van der Waals surface area contributed by atoms with Crippen LogP contribution in [-0.4, -0.2) is 23.3 Å². The predicted molar refractivity (Wildman–Crippen MR) is 94.8 cm³/mol. The van der Waals surface area contributed by atoms with Gasteiger partial charge in [0.2, 0.25) is 0 Å². The van der Waals surface area contributed by atoms with E-state index in [-0.39, 0.29) is 0 Å². The average molecular weight is 322 g/mol. The molecule has 0 fully saturated rings. The van der Waals surface area contributed by atoms with Gasteiger partial charge < -0.3 is 10.2 Å². The van der Waals surface area contributed by atoms with E-state index in [1.165, 1.54) is 5.56 Å². The van der Waals surface area contributed by atoms with Crippen molar-refractivity contribution in [3.05, 3.63) is 64.2 Å². The number of aryl methyl sites for hydroxylation is 3. The molecule has 0 aliphatic carbocycles. The summed E-state index contributed by atoms with van der Waals surface area (Å²) in [6, 6.07) is 12.1. The zero-order valence-electron chi connectivity index (χ0n) is 14.3. The van der Waals surface area contributed by atoms with Crippen LogP contribution in [0.2, 0.25) is 0 Å². The highest BCUT2D eigenvalue weighted by Crippen LogP contribution is 2.23. The molecule has 1 heterocycles. The average Bonchev–Trinajstić information content (AvgIpc) is 2.56. The van der Waals surface area contributed by atoms with E-state index < -0.39 is 11.8 Å². The quantitative estimate of drug-likeness (QED) is 0.820. The van der Waals surface area contributed by atoms with Gasteiger partial charge in [0.05, 0.1) is 0 Å². The van der Waals surface area contributed by atoms with Crippen molar-refractivity contribution in [2.45, 2.75) is 33.7 Å². The van der Waals surface area contributed by atoms with Gasteiger partial charge in [-0.1, -0.05) is 42.0 Å². The van der Waals surface area contributed by atoms with Gasteiger partial charge in [0.1, 0.15) is 0 Å². The number of fused-ring (bicyclic) bond motifs is 1. The number of rotatable bonds is 1. The molecule has 3 rings (SSSR count). The van der Waals surface area contributed by atoms with Gasteiger partial charge in [0.15, 0.2) is 0 Å². The molecule has 2 aromatic carbocycles. The first-order chi connectivity index (χ1) is 11.5. The van der Waals surface area contributed by atoms with Gasteiger partial charge in [-0.25, -0.2) is 0 Å². The Bertz CT molecular complexity index is 788. The molecule has 0 bridgehead atoms. The molecule has 0 spiro atoms. The first-order valence-electron chi connectivity index (χ1n) is 8.20. The summed E-state index contributed by atoms with van der Waals surface area (Å²) in [5.41, 5.74) is 6.19. The molecule has 0 aromatic heterocycles. The maximum absolute atomic E-state index is 12.5. The Hall–Kier alpha value is -2.62. The van der Waals surface area contributed by atoms with Crippen LogP contribution in [-0.2, 0) is 22.6 Å². The van der Waals surface area contributed by atoms with Crippen LogP contribution in [0.5, 0.6) is 0 Å². The summed E-state index contributed by atoms with van der Waals surface area (Å²) >= 11 is 0. The summed E-state index contributed by atoms with van der Waals surface area (Å²) in [7, 11) is 0. The zero-order valence-corrected chi connectivity index (χ0v) is 14.3. The number of benzene rings is 2. The van der Waals surface area contributed by atoms with Crippen molar-refractivity contribution < 1.29 is 9.59 Å². The number of anilines is 1. The molecule has 0 atom stereocenters. The van der Waals surface area contributed by atoms with Crippen molar-refractivity contribution in [3.8, 4) is 0 Å². The highest BCUT2D eigenvalue weighted by atomic mass is 16.2. The minimum absolute atomic E-state index is 0.469. The fraction of sp³-hybridized carbons (Fsp3) is 0.300. The Labute approximate surface area is 142 Å². The second-order valence-electron chi connectivity index (χ2n) is 6.47. The number of nitrogens with one attached hydrogen (secondary N) is 1. The number of carbonyl (C=O) groups excluding carboxylic acids is 2. The fourth-order valence-electron chi connectivity index (χ4n) is 3.36. The Morgan fingerprint density at radius 3 is 2.29 bits per heavy atom. The van der Waals surface area contributed by atoms with E-state index >= 15 is 0 Å². The van der Waals surface area contributed by atoms with Crippen LogP contribution in [0.15, 0.2) is 36.4 Å². The molecular weight excluding hydrogens is 300 g/mol.